The summed E-state index contributed by atoms with van der Waals surface area (Å²) in [5.74, 6) is -2.03. The maximum absolute atomic E-state index is 13.4. The predicted molar refractivity (Wildman–Crippen MR) is 123 cm³/mol. The van der Waals surface area contributed by atoms with Crippen molar-refractivity contribution in [1.29, 1.82) is 0 Å². The van der Waals surface area contributed by atoms with Crippen molar-refractivity contribution in [2.24, 2.45) is 0 Å². The molecular formula is C25H23FN2O3S. The second-order valence-electron chi connectivity index (χ2n) is 8.14. The van der Waals surface area contributed by atoms with Crippen LogP contribution in [0.15, 0.2) is 54.1 Å². The Labute approximate surface area is 189 Å². The van der Waals surface area contributed by atoms with Crippen LogP contribution in [0, 0.1) is 19.7 Å². The molecular weight excluding hydrogens is 427 g/mol. The van der Waals surface area contributed by atoms with E-state index in [9.17, 15) is 19.1 Å². The zero-order chi connectivity index (χ0) is 23.2. The molecule has 4 rings (SSSR count). The Balaban J connectivity index is 1.92. The topological polar surface area (TPSA) is 70.5 Å². The fraction of sp³-hybridized carbons (Fsp3) is 0.240. The van der Waals surface area contributed by atoms with Crippen LogP contribution in [0.25, 0.3) is 5.76 Å². The summed E-state index contributed by atoms with van der Waals surface area (Å²) in [7, 11) is 0. The molecule has 5 nitrogen and oxygen atoms in total. The van der Waals surface area contributed by atoms with Gasteiger partial charge in [0, 0.05) is 10.4 Å². The van der Waals surface area contributed by atoms with Gasteiger partial charge in [-0.05, 0) is 55.2 Å². The minimum absolute atomic E-state index is 0.0376. The molecule has 1 aliphatic rings. The lowest BCUT2D eigenvalue weighted by Crippen LogP contribution is -2.29. The molecule has 2 heterocycles. The first-order valence-corrected chi connectivity index (χ1v) is 11.1. The fourth-order valence-electron chi connectivity index (χ4n) is 3.73. The van der Waals surface area contributed by atoms with Crippen molar-refractivity contribution in [2.75, 3.05) is 4.90 Å². The Bertz CT molecular complexity index is 1210. The van der Waals surface area contributed by atoms with E-state index in [1.165, 1.54) is 40.5 Å². The Kier molecular flexibility index (Phi) is 5.69. The van der Waals surface area contributed by atoms with Crippen LogP contribution in [0.3, 0.4) is 0 Å². The number of ketones is 1. The Morgan fingerprint density at radius 1 is 1.06 bits per heavy atom. The Morgan fingerprint density at radius 2 is 1.69 bits per heavy atom. The van der Waals surface area contributed by atoms with E-state index in [2.05, 4.69) is 18.8 Å². The van der Waals surface area contributed by atoms with Crippen molar-refractivity contribution in [1.82, 2.24) is 4.98 Å². The van der Waals surface area contributed by atoms with Gasteiger partial charge in [0.05, 0.1) is 17.3 Å². The molecule has 1 fully saturated rings. The molecule has 164 valence electrons. The average molecular weight is 451 g/mol. The summed E-state index contributed by atoms with van der Waals surface area (Å²) in [6, 6.07) is 12.0. The van der Waals surface area contributed by atoms with Gasteiger partial charge in [0.1, 0.15) is 11.6 Å². The number of aromatic nitrogens is 1. The second-order valence-corrected chi connectivity index (χ2v) is 9.32. The van der Waals surface area contributed by atoms with Gasteiger partial charge in [0.15, 0.2) is 5.13 Å². The molecule has 1 aliphatic heterocycles. The highest BCUT2D eigenvalue weighted by molar-refractivity contribution is 7.16. The molecule has 32 heavy (non-hydrogen) atoms. The minimum Gasteiger partial charge on any atom is -0.507 e. The highest BCUT2D eigenvalue weighted by Gasteiger charge is 2.48. The maximum Gasteiger partial charge on any atom is 0.301 e. The van der Waals surface area contributed by atoms with Crippen LogP contribution in [-0.2, 0) is 9.59 Å². The van der Waals surface area contributed by atoms with E-state index < -0.39 is 23.5 Å². The fourth-order valence-corrected chi connectivity index (χ4v) is 4.67. The van der Waals surface area contributed by atoms with Crippen molar-refractivity contribution < 1.29 is 19.1 Å². The van der Waals surface area contributed by atoms with E-state index in [0.717, 1.165) is 16.1 Å². The molecule has 0 saturated carbocycles. The molecule has 7 heteroatoms. The summed E-state index contributed by atoms with van der Waals surface area (Å²) < 4.78 is 13.4. The van der Waals surface area contributed by atoms with Crippen molar-refractivity contribution in [3.63, 3.8) is 0 Å². The number of hydrogen-bond acceptors (Lipinski definition) is 5. The zero-order valence-electron chi connectivity index (χ0n) is 18.2. The van der Waals surface area contributed by atoms with E-state index in [-0.39, 0.29) is 16.9 Å². The predicted octanol–water partition coefficient (Wildman–Crippen LogP) is 5.65. The molecule has 1 unspecified atom stereocenters. The van der Waals surface area contributed by atoms with Crippen molar-refractivity contribution >= 4 is 33.9 Å². The van der Waals surface area contributed by atoms with E-state index in [1.807, 2.05) is 38.1 Å². The normalized spacial score (nSPS) is 18.1. The van der Waals surface area contributed by atoms with Gasteiger partial charge in [0.25, 0.3) is 5.78 Å². The Morgan fingerprint density at radius 3 is 2.22 bits per heavy atom. The van der Waals surface area contributed by atoms with Crippen LogP contribution in [-0.4, -0.2) is 21.8 Å². The third-order valence-corrected chi connectivity index (χ3v) is 6.78. The van der Waals surface area contributed by atoms with Crippen LogP contribution in [0.5, 0.6) is 0 Å². The van der Waals surface area contributed by atoms with Crippen molar-refractivity contribution in [2.45, 2.75) is 39.7 Å². The van der Waals surface area contributed by atoms with Gasteiger partial charge < -0.3 is 5.11 Å². The van der Waals surface area contributed by atoms with E-state index in [4.69, 9.17) is 0 Å². The lowest BCUT2D eigenvalue weighted by atomic mass is 9.93. The standard InChI is InChI=1S/C25H23FN2O3S/c1-13(2)16-5-7-17(8-6-16)21-20(22(29)18-9-11-19(26)12-10-18)23(30)24(31)28(21)25-27-14(3)15(4)32-25/h5-13,21,29H,1-4H3. The third-order valence-electron chi connectivity index (χ3n) is 5.70. The molecule has 1 amide bonds. The molecule has 0 radical (unpaired) electrons. The number of aliphatic hydroxyl groups is 1. The SMILES string of the molecule is Cc1nc(N2C(=O)C(=O)C(=C(O)c3ccc(F)cc3)C2c2ccc(C(C)C)cc2)sc1C. The smallest absolute Gasteiger partial charge is 0.301 e. The van der Waals surface area contributed by atoms with E-state index >= 15 is 0 Å². The number of halogens is 1. The highest BCUT2D eigenvalue weighted by atomic mass is 32.1. The minimum atomic E-state index is -0.841. The van der Waals surface area contributed by atoms with Gasteiger partial charge >= 0.3 is 5.91 Å². The summed E-state index contributed by atoms with van der Waals surface area (Å²) in [5, 5.41) is 11.4. The number of anilines is 1. The van der Waals surface area contributed by atoms with Crippen LogP contribution in [0.1, 0.15) is 53.1 Å². The largest absolute Gasteiger partial charge is 0.507 e. The summed E-state index contributed by atoms with van der Waals surface area (Å²) in [6.07, 6.45) is 0. The molecule has 1 aromatic heterocycles. The summed E-state index contributed by atoms with van der Waals surface area (Å²) in [4.78, 5) is 33.0. The number of aryl methyl sites for hydroxylation is 2. The molecule has 1 N–H and O–H groups in total. The third kappa shape index (κ3) is 3.73. The number of carbonyl (C=O) groups excluding carboxylic acids is 2. The van der Waals surface area contributed by atoms with Crippen LogP contribution < -0.4 is 4.90 Å². The number of aliphatic hydroxyl groups excluding tert-OH is 1. The molecule has 2 aromatic carbocycles. The lowest BCUT2D eigenvalue weighted by Gasteiger charge is -2.23. The first-order chi connectivity index (χ1) is 15.2. The monoisotopic (exact) mass is 450 g/mol. The number of nitrogens with zero attached hydrogens (tertiary/aromatic N) is 2. The van der Waals surface area contributed by atoms with Gasteiger partial charge in [-0.3, -0.25) is 14.5 Å². The number of amides is 1. The van der Waals surface area contributed by atoms with Gasteiger partial charge in [-0.25, -0.2) is 9.37 Å². The number of rotatable bonds is 4. The molecule has 3 aromatic rings. The summed E-state index contributed by atoms with van der Waals surface area (Å²) in [6.45, 7) is 7.91. The second kappa shape index (κ2) is 8.31. The lowest BCUT2D eigenvalue weighted by molar-refractivity contribution is -0.132. The number of benzene rings is 2. The summed E-state index contributed by atoms with van der Waals surface area (Å²) >= 11 is 1.32. The first-order valence-electron chi connectivity index (χ1n) is 10.3. The van der Waals surface area contributed by atoms with Crippen LogP contribution >= 0.6 is 11.3 Å². The van der Waals surface area contributed by atoms with Gasteiger partial charge in [0.2, 0.25) is 0 Å². The first kappa shape index (κ1) is 21.9. The quantitative estimate of drug-likeness (QED) is 0.317. The zero-order valence-corrected chi connectivity index (χ0v) is 19.0. The average Bonchev–Trinajstić information content (AvgIpc) is 3.23. The van der Waals surface area contributed by atoms with E-state index in [1.54, 1.807) is 0 Å². The number of Topliss-reactive ketones (excluding diaryl/α,β-unsaturated/α-hetero) is 1. The maximum atomic E-state index is 13.4. The highest BCUT2D eigenvalue weighted by Crippen LogP contribution is 2.43. The van der Waals surface area contributed by atoms with Crippen LogP contribution in [0.4, 0.5) is 9.52 Å². The number of thiazole rings is 1. The number of hydrogen-bond donors (Lipinski definition) is 1. The van der Waals surface area contributed by atoms with Gasteiger partial charge in [-0.15, -0.1) is 11.3 Å². The molecule has 1 saturated heterocycles. The molecule has 0 spiro atoms. The molecule has 1 atom stereocenters. The molecule has 0 bridgehead atoms. The van der Waals surface area contributed by atoms with Crippen molar-refractivity contribution in [3.05, 3.63) is 87.2 Å². The van der Waals surface area contributed by atoms with Gasteiger partial charge in [-0.2, -0.15) is 0 Å². The van der Waals surface area contributed by atoms with Crippen molar-refractivity contribution in [3.8, 4) is 0 Å². The Hall–Kier alpha value is -3.32. The summed E-state index contributed by atoms with van der Waals surface area (Å²) in [5.41, 5.74) is 2.80. The van der Waals surface area contributed by atoms with Gasteiger partial charge in [-0.1, -0.05) is 38.1 Å². The van der Waals surface area contributed by atoms with Crippen LogP contribution in [0.2, 0.25) is 0 Å². The number of carbonyl (C=O) groups is 2. The van der Waals surface area contributed by atoms with E-state index in [0.29, 0.717) is 16.6 Å². The molecule has 0 aliphatic carbocycles.